The van der Waals surface area contributed by atoms with Gasteiger partial charge in [0.05, 0.1) is 20.3 Å². The van der Waals surface area contributed by atoms with Crippen molar-refractivity contribution in [2.75, 3.05) is 26.8 Å². The van der Waals surface area contributed by atoms with Crippen molar-refractivity contribution in [3.8, 4) is 5.75 Å². The predicted octanol–water partition coefficient (Wildman–Crippen LogP) is 4.62. The van der Waals surface area contributed by atoms with Gasteiger partial charge in [0, 0.05) is 18.7 Å². The van der Waals surface area contributed by atoms with Crippen molar-refractivity contribution < 1.29 is 22.6 Å². The number of hydrogen-bond acceptors (Lipinski definition) is 6. The van der Waals surface area contributed by atoms with E-state index in [0.717, 1.165) is 48.3 Å². The molecule has 0 amide bonds. The van der Waals surface area contributed by atoms with Gasteiger partial charge in [0.25, 0.3) is 5.82 Å². The largest absolute Gasteiger partial charge is 0.496 e. The van der Waals surface area contributed by atoms with E-state index in [1.807, 2.05) is 24.3 Å². The molecule has 11 heteroatoms. The maximum absolute atomic E-state index is 13.2. The normalized spacial score (nSPS) is 20.3. The van der Waals surface area contributed by atoms with Crippen LogP contribution in [0.2, 0.25) is 0 Å². The number of ether oxygens (including phenoxy) is 2. The highest BCUT2D eigenvalue weighted by molar-refractivity contribution is 5.85. The van der Waals surface area contributed by atoms with Crippen LogP contribution in [0.15, 0.2) is 54.6 Å². The molecule has 1 unspecified atom stereocenters. The second kappa shape index (κ2) is 10.6. The van der Waals surface area contributed by atoms with E-state index in [1.165, 1.54) is 5.56 Å². The van der Waals surface area contributed by atoms with Gasteiger partial charge in [-0.3, -0.25) is 4.90 Å². The molecule has 0 saturated carbocycles. The van der Waals surface area contributed by atoms with Gasteiger partial charge < -0.3 is 9.47 Å². The first-order valence-electron chi connectivity index (χ1n) is 11.5. The molecule has 2 aliphatic heterocycles. The van der Waals surface area contributed by atoms with Gasteiger partial charge >= 0.3 is 6.18 Å². The quantitative estimate of drug-likeness (QED) is 0.472. The number of alkyl halides is 3. The zero-order chi connectivity index (χ0) is 24.5. The van der Waals surface area contributed by atoms with Crippen LogP contribution >= 0.6 is 12.4 Å². The Morgan fingerprint density at radius 1 is 1.08 bits per heavy atom. The number of rotatable bonds is 6. The monoisotopic (exact) mass is 521 g/mol. The summed E-state index contributed by atoms with van der Waals surface area (Å²) in [5, 5.41) is 9.84. The highest BCUT2D eigenvalue weighted by atomic mass is 35.5. The fourth-order valence-corrected chi connectivity index (χ4v) is 4.92. The molecule has 2 aliphatic rings. The van der Waals surface area contributed by atoms with E-state index in [2.05, 4.69) is 38.6 Å². The molecule has 7 nitrogen and oxygen atoms in total. The molecule has 3 heterocycles. The molecular weight excluding hydrogens is 495 g/mol. The van der Waals surface area contributed by atoms with E-state index >= 15 is 0 Å². The fraction of sp³-hybridized carbons (Fsp3) is 0.400. The first kappa shape index (κ1) is 26.1. The lowest BCUT2D eigenvalue weighted by Gasteiger charge is -2.38. The topological polar surface area (TPSA) is 65.3 Å². The maximum Gasteiger partial charge on any atom is 0.453 e. The van der Waals surface area contributed by atoms with Crippen molar-refractivity contribution in [2.24, 2.45) is 0 Å². The molecule has 5 rings (SSSR count). The number of tetrazole rings is 1. The molecule has 1 atom stereocenters. The van der Waals surface area contributed by atoms with Crippen LogP contribution in [0.4, 0.5) is 13.2 Å². The molecule has 0 aliphatic carbocycles. The van der Waals surface area contributed by atoms with Crippen LogP contribution in [0.1, 0.15) is 35.4 Å². The first-order valence-corrected chi connectivity index (χ1v) is 11.5. The summed E-state index contributed by atoms with van der Waals surface area (Å²) in [5.41, 5.74) is 3.29. The molecule has 3 aromatic rings. The van der Waals surface area contributed by atoms with Gasteiger partial charge in [-0.15, -0.1) is 17.5 Å². The molecule has 1 saturated heterocycles. The van der Waals surface area contributed by atoms with E-state index in [4.69, 9.17) is 9.47 Å². The standard InChI is InChI=1S/C25H26F3N5O2.ClH/c1-34-22-9-8-19(15-33-23(25(26,27)28)29-30-31-33)12-21(22)20-13-24(35-16-20)10-5-11-32(17-24)14-18-6-3-2-4-7-18;/h2-4,6-9,12-13H,5,10-11,14-17H2,1H3;1H. The average molecular weight is 522 g/mol. The van der Waals surface area contributed by atoms with E-state index in [1.54, 1.807) is 19.2 Å². The zero-order valence-electron chi connectivity index (χ0n) is 19.7. The first-order chi connectivity index (χ1) is 16.9. The number of benzene rings is 2. The van der Waals surface area contributed by atoms with Crippen LogP contribution in [0.3, 0.4) is 0 Å². The van der Waals surface area contributed by atoms with Gasteiger partial charge in [-0.25, -0.2) is 4.68 Å². The van der Waals surface area contributed by atoms with Gasteiger partial charge in [-0.2, -0.15) is 13.2 Å². The third kappa shape index (κ3) is 5.55. The van der Waals surface area contributed by atoms with Crippen molar-refractivity contribution in [1.29, 1.82) is 0 Å². The molecule has 0 radical (unpaired) electrons. The lowest BCUT2D eigenvalue weighted by molar-refractivity contribution is -0.147. The van der Waals surface area contributed by atoms with Crippen molar-refractivity contribution >= 4 is 18.0 Å². The lowest BCUT2D eigenvalue weighted by Crippen LogP contribution is -2.46. The predicted molar refractivity (Wildman–Crippen MR) is 130 cm³/mol. The van der Waals surface area contributed by atoms with Crippen molar-refractivity contribution in [3.63, 3.8) is 0 Å². The number of aromatic nitrogens is 4. The molecule has 1 spiro atoms. The smallest absolute Gasteiger partial charge is 0.453 e. The summed E-state index contributed by atoms with van der Waals surface area (Å²) in [6.07, 6.45) is -0.514. The van der Waals surface area contributed by atoms with Gasteiger partial charge in [0.15, 0.2) is 0 Å². The Bertz CT molecular complexity index is 1220. The van der Waals surface area contributed by atoms with Crippen LogP contribution in [-0.2, 0) is 24.0 Å². The molecule has 0 N–H and O–H groups in total. The highest BCUT2D eigenvalue weighted by Gasteiger charge is 2.40. The highest BCUT2D eigenvalue weighted by Crippen LogP contribution is 2.39. The SMILES string of the molecule is COc1ccc(Cn2nnnc2C(F)(F)F)cc1C1=CC2(CCCN(Cc3ccccc3)C2)OC1.Cl. The molecule has 2 aromatic carbocycles. The van der Waals surface area contributed by atoms with Crippen LogP contribution in [0, 0.1) is 0 Å². The van der Waals surface area contributed by atoms with Gasteiger partial charge in [0.2, 0.25) is 0 Å². The van der Waals surface area contributed by atoms with Crippen LogP contribution < -0.4 is 4.74 Å². The number of hydrogen-bond donors (Lipinski definition) is 0. The number of piperidine rings is 1. The van der Waals surface area contributed by atoms with Crippen LogP contribution in [0.25, 0.3) is 5.57 Å². The Balaban J connectivity index is 0.00000304. The number of halogens is 4. The van der Waals surface area contributed by atoms with Crippen molar-refractivity contribution in [2.45, 2.75) is 37.7 Å². The fourth-order valence-electron chi connectivity index (χ4n) is 4.92. The average Bonchev–Trinajstić information content (AvgIpc) is 3.47. The second-order valence-electron chi connectivity index (χ2n) is 9.02. The third-order valence-corrected chi connectivity index (χ3v) is 6.49. The van der Waals surface area contributed by atoms with E-state index < -0.39 is 12.0 Å². The van der Waals surface area contributed by atoms with Gasteiger partial charge in [0.1, 0.15) is 11.4 Å². The summed E-state index contributed by atoms with van der Waals surface area (Å²) in [5.74, 6) is -0.483. The summed E-state index contributed by atoms with van der Waals surface area (Å²) in [6.45, 7) is 2.96. The summed E-state index contributed by atoms with van der Waals surface area (Å²) in [7, 11) is 1.58. The molecule has 1 aromatic heterocycles. The summed E-state index contributed by atoms with van der Waals surface area (Å²) in [4.78, 5) is 2.41. The van der Waals surface area contributed by atoms with Crippen molar-refractivity contribution in [1.82, 2.24) is 25.1 Å². The number of methoxy groups -OCH3 is 1. The Labute approximate surface area is 213 Å². The molecular formula is C25H27ClF3N5O2. The third-order valence-electron chi connectivity index (χ3n) is 6.49. The lowest BCUT2D eigenvalue weighted by atomic mass is 9.90. The summed E-state index contributed by atoms with van der Waals surface area (Å²) in [6, 6.07) is 15.7. The summed E-state index contributed by atoms with van der Waals surface area (Å²) < 4.78 is 52.2. The van der Waals surface area contributed by atoms with Crippen LogP contribution in [0.5, 0.6) is 5.75 Å². The minimum atomic E-state index is -4.63. The van der Waals surface area contributed by atoms with Crippen LogP contribution in [-0.4, -0.2) is 57.5 Å². The molecule has 192 valence electrons. The van der Waals surface area contributed by atoms with Gasteiger partial charge in [-0.1, -0.05) is 36.4 Å². The molecule has 0 bridgehead atoms. The van der Waals surface area contributed by atoms with Gasteiger partial charge in [-0.05, 0) is 64.7 Å². The zero-order valence-corrected chi connectivity index (χ0v) is 20.6. The second-order valence-corrected chi connectivity index (χ2v) is 9.02. The summed E-state index contributed by atoms with van der Waals surface area (Å²) >= 11 is 0. The maximum atomic E-state index is 13.2. The molecule has 1 fully saturated rings. The minimum absolute atomic E-state index is 0. The van der Waals surface area contributed by atoms with E-state index in [0.29, 0.717) is 17.9 Å². The Morgan fingerprint density at radius 2 is 1.89 bits per heavy atom. The van der Waals surface area contributed by atoms with E-state index in [-0.39, 0.29) is 24.6 Å². The molecule has 36 heavy (non-hydrogen) atoms. The Kier molecular flexibility index (Phi) is 7.67. The number of likely N-dealkylation sites (tertiary alicyclic amines) is 1. The minimum Gasteiger partial charge on any atom is -0.496 e. The number of nitrogens with zero attached hydrogens (tertiary/aromatic N) is 5. The Hall–Kier alpha value is -2.95. The van der Waals surface area contributed by atoms with E-state index in [9.17, 15) is 13.2 Å². The Morgan fingerprint density at radius 3 is 2.64 bits per heavy atom. The van der Waals surface area contributed by atoms with Crippen molar-refractivity contribution in [3.05, 3.63) is 77.1 Å².